The van der Waals surface area contributed by atoms with Crippen molar-refractivity contribution in [2.45, 2.75) is 26.7 Å². The molecule has 3 aromatic rings. The molecule has 0 spiro atoms. The molecule has 35 heavy (non-hydrogen) atoms. The Bertz CT molecular complexity index is 1300. The minimum Gasteiger partial charge on any atom is -0.484 e. The number of benzene rings is 3. The maximum atomic E-state index is 13.0. The van der Waals surface area contributed by atoms with Gasteiger partial charge >= 0.3 is 0 Å². The van der Waals surface area contributed by atoms with Crippen molar-refractivity contribution < 1.29 is 14.3 Å². The lowest BCUT2D eigenvalue weighted by molar-refractivity contribution is -0.118. The van der Waals surface area contributed by atoms with Crippen LogP contribution in [-0.2, 0) is 9.59 Å². The van der Waals surface area contributed by atoms with Gasteiger partial charge in [0, 0.05) is 5.69 Å². The van der Waals surface area contributed by atoms with Crippen molar-refractivity contribution in [1.82, 2.24) is 0 Å². The highest BCUT2D eigenvalue weighted by molar-refractivity contribution is 8.27. The monoisotopic (exact) mass is 502 g/mol. The molecule has 0 saturated carbocycles. The Morgan fingerprint density at radius 2 is 1.74 bits per heavy atom. The Hall–Kier alpha value is -3.42. The zero-order valence-electron chi connectivity index (χ0n) is 19.8. The maximum Gasteiger partial charge on any atom is 0.270 e. The molecule has 2 amide bonds. The summed E-state index contributed by atoms with van der Waals surface area (Å²) >= 11 is 6.76. The van der Waals surface area contributed by atoms with Gasteiger partial charge in [0.15, 0.2) is 10.9 Å². The van der Waals surface area contributed by atoms with Crippen molar-refractivity contribution in [2.75, 3.05) is 16.8 Å². The van der Waals surface area contributed by atoms with Crippen LogP contribution in [-0.4, -0.2) is 22.7 Å². The standard InChI is InChI=1S/C28H26N2O3S2/c1-18(2)22-9-5-6-10-23(22)29-26(31)17-33-21-14-12-20(13-15-21)16-25-27(32)30(28(34)35-25)24-11-7-4-8-19(24)3/h4-16,18H,17H2,1-3H3,(H,29,31)/b25-16+. The molecule has 0 atom stereocenters. The molecule has 0 unspecified atom stereocenters. The minimum absolute atomic E-state index is 0.0964. The lowest BCUT2D eigenvalue weighted by atomic mass is 10.0. The van der Waals surface area contributed by atoms with Gasteiger partial charge in [0.1, 0.15) is 5.75 Å². The van der Waals surface area contributed by atoms with Crippen LogP contribution in [0.1, 0.15) is 36.5 Å². The third kappa shape index (κ3) is 5.81. The Kier molecular flexibility index (Phi) is 7.68. The second-order valence-corrected chi connectivity index (χ2v) is 10.1. The van der Waals surface area contributed by atoms with Gasteiger partial charge in [-0.25, -0.2) is 0 Å². The van der Waals surface area contributed by atoms with E-state index in [0.29, 0.717) is 20.9 Å². The van der Waals surface area contributed by atoms with Gasteiger partial charge in [0.05, 0.1) is 10.6 Å². The summed E-state index contributed by atoms with van der Waals surface area (Å²) in [5, 5.41) is 2.92. The molecule has 4 rings (SSSR count). The number of thioether (sulfide) groups is 1. The zero-order chi connectivity index (χ0) is 24.9. The highest BCUT2D eigenvalue weighted by atomic mass is 32.2. The van der Waals surface area contributed by atoms with Crippen LogP contribution in [0.3, 0.4) is 0 Å². The molecule has 1 aliphatic heterocycles. The summed E-state index contributed by atoms with van der Waals surface area (Å²) in [5.41, 5.74) is 4.52. The molecule has 0 aromatic heterocycles. The van der Waals surface area contributed by atoms with E-state index in [-0.39, 0.29) is 18.4 Å². The second-order valence-electron chi connectivity index (χ2n) is 8.45. The molecule has 178 valence electrons. The maximum absolute atomic E-state index is 13.0. The Balaban J connectivity index is 1.38. The van der Waals surface area contributed by atoms with Crippen molar-refractivity contribution in [3.63, 3.8) is 0 Å². The number of carbonyl (C=O) groups is 2. The van der Waals surface area contributed by atoms with Gasteiger partial charge in [-0.15, -0.1) is 0 Å². The Labute approximate surface area is 215 Å². The van der Waals surface area contributed by atoms with Crippen LogP contribution in [0.4, 0.5) is 11.4 Å². The molecule has 0 radical (unpaired) electrons. The van der Waals surface area contributed by atoms with Crippen LogP contribution < -0.4 is 15.0 Å². The minimum atomic E-state index is -0.220. The summed E-state index contributed by atoms with van der Waals surface area (Å²) in [6.45, 7) is 6.04. The summed E-state index contributed by atoms with van der Waals surface area (Å²) in [6, 6.07) is 22.7. The highest BCUT2D eigenvalue weighted by Crippen LogP contribution is 2.37. The zero-order valence-corrected chi connectivity index (χ0v) is 21.4. The first-order valence-corrected chi connectivity index (χ1v) is 12.5. The highest BCUT2D eigenvalue weighted by Gasteiger charge is 2.33. The van der Waals surface area contributed by atoms with Crippen LogP contribution in [0, 0.1) is 6.92 Å². The molecule has 5 nitrogen and oxygen atoms in total. The molecule has 1 heterocycles. The molecule has 0 bridgehead atoms. The number of hydrogen-bond donors (Lipinski definition) is 1. The molecule has 0 aliphatic carbocycles. The van der Waals surface area contributed by atoms with Gasteiger partial charge in [-0.05, 0) is 59.9 Å². The summed E-state index contributed by atoms with van der Waals surface area (Å²) in [6.07, 6.45) is 1.82. The molecular weight excluding hydrogens is 476 g/mol. The Morgan fingerprint density at radius 3 is 2.46 bits per heavy atom. The lowest BCUT2D eigenvalue weighted by Gasteiger charge is -2.16. The summed E-state index contributed by atoms with van der Waals surface area (Å²) in [4.78, 5) is 27.5. The van der Waals surface area contributed by atoms with E-state index >= 15 is 0 Å². The number of anilines is 2. The normalized spacial score (nSPS) is 14.6. The number of ether oxygens (including phenoxy) is 1. The Morgan fingerprint density at radius 1 is 1.06 bits per heavy atom. The van der Waals surface area contributed by atoms with E-state index in [1.165, 1.54) is 11.8 Å². The van der Waals surface area contributed by atoms with Crippen molar-refractivity contribution in [1.29, 1.82) is 0 Å². The number of rotatable bonds is 7. The first-order chi connectivity index (χ1) is 16.8. The molecule has 1 fully saturated rings. The van der Waals surface area contributed by atoms with Gasteiger partial charge in [-0.2, -0.15) is 0 Å². The molecule has 1 N–H and O–H groups in total. The average Bonchev–Trinajstić information content (AvgIpc) is 3.11. The van der Waals surface area contributed by atoms with E-state index < -0.39 is 0 Å². The molecule has 1 aliphatic rings. The van der Waals surface area contributed by atoms with E-state index in [4.69, 9.17) is 17.0 Å². The van der Waals surface area contributed by atoms with Gasteiger partial charge in [-0.1, -0.05) is 86.4 Å². The van der Waals surface area contributed by atoms with Crippen LogP contribution >= 0.6 is 24.0 Å². The third-order valence-electron chi connectivity index (χ3n) is 5.55. The number of para-hydroxylation sites is 2. The van der Waals surface area contributed by atoms with E-state index in [1.807, 2.05) is 73.7 Å². The lowest BCUT2D eigenvalue weighted by Crippen LogP contribution is -2.28. The van der Waals surface area contributed by atoms with Gasteiger partial charge in [0.2, 0.25) is 0 Å². The van der Waals surface area contributed by atoms with Crippen molar-refractivity contribution in [2.24, 2.45) is 0 Å². The van der Waals surface area contributed by atoms with Crippen LogP contribution in [0.5, 0.6) is 5.75 Å². The van der Waals surface area contributed by atoms with E-state index in [0.717, 1.165) is 28.1 Å². The van der Waals surface area contributed by atoms with Crippen molar-refractivity contribution in [3.8, 4) is 5.75 Å². The average molecular weight is 503 g/mol. The second kappa shape index (κ2) is 10.9. The SMILES string of the molecule is Cc1ccccc1N1C(=O)/C(=C\c2ccc(OCC(=O)Nc3ccccc3C(C)C)cc2)SC1=S. The van der Waals surface area contributed by atoms with Gasteiger partial charge in [0.25, 0.3) is 11.8 Å². The quantitative estimate of drug-likeness (QED) is 0.294. The predicted molar refractivity (Wildman–Crippen MR) is 148 cm³/mol. The first-order valence-electron chi connectivity index (χ1n) is 11.3. The fourth-order valence-corrected chi connectivity index (χ4v) is 5.04. The number of carbonyl (C=O) groups excluding carboxylic acids is 2. The number of amides is 2. The van der Waals surface area contributed by atoms with Crippen molar-refractivity contribution in [3.05, 3.63) is 94.4 Å². The first kappa shape index (κ1) is 24.7. The fourth-order valence-electron chi connectivity index (χ4n) is 3.75. The van der Waals surface area contributed by atoms with Gasteiger partial charge < -0.3 is 10.1 Å². The third-order valence-corrected chi connectivity index (χ3v) is 6.86. The number of thiocarbonyl (C=S) groups is 1. The number of nitrogens with zero attached hydrogens (tertiary/aromatic N) is 1. The molecule has 7 heteroatoms. The van der Waals surface area contributed by atoms with Crippen molar-refractivity contribution >= 4 is 57.6 Å². The van der Waals surface area contributed by atoms with Crippen LogP contribution in [0.15, 0.2) is 77.7 Å². The predicted octanol–water partition coefficient (Wildman–Crippen LogP) is 6.54. The molecule has 1 saturated heterocycles. The number of aryl methyl sites for hydroxylation is 1. The van der Waals surface area contributed by atoms with E-state index in [9.17, 15) is 9.59 Å². The van der Waals surface area contributed by atoms with E-state index in [2.05, 4.69) is 19.2 Å². The topological polar surface area (TPSA) is 58.6 Å². The largest absolute Gasteiger partial charge is 0.484 e. The van der Waals surface area contributed by atoms with Crippen LogP contribution in [0.25, 0.3) is 6.08 Å². The fraction of sp³-hybridized carbons (Fsp3) is 0.179. The number of hydrogen-bond acceptors (Lipinski definition) is 5. The van der Waals surface area contributed by atoms with Gasteiger partial charge in [-0.3, -0.25) is 14.5 Å². The number of nitrogens with one attached hydrogen (secondary N) is 1. The molecule has 3 aromatic carbocycles. The summed E-state index contributed by atoms with van der Waals surface area (Å²) in [7, 11) is 0. The smallest absolute Gasteiger partial charge is 0.270 e. The summed E-state index contributed by atoms with van der Waals surface area (Å²) < 4.78 is 6.17. The molecular formula is C28H26N2O3S2. The van der Waals surface area contributed by atoms with Crippen LogP contribution in [0.2, 0.25) is 0 Å². The van der Waals surface area contributed by atoms with E-state index in [1.54, 1.807) is 17.0 Å². The summed E-state index contributed by atoms with van der Waals surface area (Å²) in [5.74, 6) is 0.522.